The number of fused-ring (bicyclic) bond motifs is 1. The van der Waals surface area contributed by atoms with Gasteiger partial charge < -0.3 is 14.3 Å². The fourth-order valence-electron chi connectivity index (χ4n) is 2.53. The lowest BCUT2D eigenvalue weighted by molar-refractivity contribution is -0.109. The van der Waals surface area contributed by atoms with Crippen molar-refractivity contribution in [3.63, 3.8) is 0 Å². The lowest BCUT2D eigenvalue weighted by Gasteiger charge is -2.12. The molecule has 0 saturated heterocycles. The van der Waals surface area contributed by atoms with E-state index in [-0.39, 0.29) is 17.7 Å². The van der Waals surface area contributed by atoms with E-state index in [1.165, 1.54) is 0 Å². The van der Waals surface area contributed by atoms with E-state index in [1.54, 1.807) is 48.5 Å². The second kappa shape index (κ2) is 6.26. The fourth-order valence-corrected chi connectivity index (χ4v) is 2.65. The predicted molar refractivity (Wildman–Crippen MR) is 88.1 cm³/mol. The quantitative estimate of drug-likeness (QED) is 0.586. The third-order valence-electron chi connectivity index (χ3n) is 3.76. The molecule has 0 aliphatic carbocycles. The van der Waals surface area contributed by atoms with Gasteiger partial charge in [0.05, 0.1) is 10.9 Å². The Morgan fingerprint density at radius 3 is 2.52 bits per heavy atom. The minimum atomic E-state index is -0.637. The highest BCUT2D eigenvalue weighted by Gasteiger charge is 2.19. The molecule has 0 amide bonds. The van der Waals surface area contributed by atoms with E-state index in [0.29, 0.717) is 16.0 Å². The Hall–Kier alpha value is -2.59. The Labute approximate surface area is 136 Å². The molecule has 0 spiro atoms. The van der Waals surface area contributed by atoms with Crippen LogP contribution in [0.4, 0.5) is 0 Å². The summed E-state index contributed by atoms with van der Waals surface area (Å²) in [4.78, 5) is 23.6. The van der Waals surface area contributed by atoms with Crippen molar-refractivity contribution in [1.29, 1.82) is 0 Å². The van der Waals surface area contributed by atoms with Crippen LogP contribution >= 0.6 is 11.6 Å². The van der Waals surface area contributed by atoms with Gasteiger partial charge in [-0.05, 0) is 36.2 Å². The van der Waals surface area contributed by atoms with Gasteiger partial charge >= 0.3 is 5.63 Å². The van der Waals surface area contributed by atoms with E-state index in [0.717, 1.165) is 11.8 Å². The number of hydrogen-bond donors (Lipinski definition) is 1. The number of aromatic hydroxyl groups is 1. The number of benzene rings is 2. The monoisotopic (exact) mass is 328 g/mol. The average molecular weight is 329 g/mol. The number of carbonyl (C=O) groups excluding carboxylic acids is 1. The Morgan fingerprint density at radius 1 is 1.13 bits per heavy atom. The molecule has 0 aliphatic rings. The molecule has 3 aromatic rings. The molecule has 116 valence electrons. The number of para-hydroxylation sites is 1. The molecular weight excluding hydrogens is 316 g/mol. The van der Waals surface area contributed by atoms with Gasteiger partial charge in [0.2, 0.25) is 0 Å². The molecule has 1 N–H and O–H groups in total. The van der Waals surface area contributed by atoms with Crippen molar-refractivity contribution in [3.8, 4) is 5.75 Å². The Kier molecular flexibility index (Phi) is 4.17. The molecule has 4 nitrogen and oxygen atoms in total. The van der Waals surface area contributed by atoms with Gasteiger partial charge in [0.25, 0.3) is 0 Å². The van der Waals surface area contributed by atoms with E-state index in [9.17, 15) is 14.7 Å². The largest absolute Gasteiger partial charge is 0.507 e. The van der Waals surface area contributed by atoms with Crippen molar-refractivity contribution >= 4 is 28.9 Å². The summed E-state index contributed by atoms with van der Waals surface area (Å²) in [6.45, 7) is 0. The van der Waals surface area contributed by atoms with Crippen LogP contribution in [-0.2, 0) is 11.2 Å². The number of carbonyl (C=O) groups is 1. The van der Waals surface area contributed by atoms with Crippen LogP contribution in [0.15, 0.2) is 57.7 Å². The summed E-state index contributed by atoms with van der Waals surface area (Å²) >= 11 is 5.84. The normalized spacial score (nSPS) is 12.2. The maximum Gasteiger partial charge on any atom is 0.343 e. The summed E-state index contributed by atoms with van der Waals surface area (Å²) in [6.07, 6.45) is 0.807. The van der Waals surface area contributed by atoms with Gasteiger partial charge in [-0.2, -0.15) is 0 Å². The van der Waals surface area contributed by atoms with E-state index in [2.05, 4.69) is 0 Å². The molecule has 1 unspecified atom stereocenters. The molecule has 0 fully saturated rings. The molecule has 1 aromatic heterocycles. The van der Waals surface area contributed by atoms with Crippen molar-refractivity contribution in [2.45, 2.75) is 12.3 Å². The first-order chi connectivity index (χ1) is 11.1. The van der Waals surface area contributed by atoms with Gasteiger partial charge in [-0.15, -0.1) is 0 Å². The van der Waals surface area contributed by atoms with Gasteiger partial charge in [-0.25, -0.2) is 4.79 Å². The molecule has 2 aromatic carbocycles. The maximum atomic E-state index is 12.1. The van der Waals surface area contributed by atoms with Crippen LogP contribution in [0.2, 0.25) is 5.02 Å². The summed E-state index contributed by atoms with van der Waals surface area (Å²) in [5.41, 5.74) is 0.488. The minimum absolute atomic E-state index is 0.0597. The third kappa shape index (κ3) is 2.98. The minimum Gasteiger partial charge on any atom is -0.507 e. The standard InChI is InChI=1S/C18H13ClO4/c19-13-7-5-11(6-8-13)12(10-20)9-15-17(21)14-3-1-2-4-16(14)23-18(15)22/h1-8,10,12,21H,9H2. The molecule has 1 atom stereocenters. The molecule has 23 heavy (non-hydrogen) atoms. The van der Waals surface area contributed by atoms with E-state index in [1.807, 2.05) is 0 Å². The highest BCUT2D eigenvalue weighted by molar-refractivity contribution is 6.30. The van der Waals surface area contributed by atoms with Crippen LogP contribution in [0.3, 0.4) is 0 Å². The number of aldehydes is 1. The summed E-state index contributed by atoms with van der Waals surface area (Å²) in [6, 6.07) is 13.5. The van der Waals surface area contributed by atoms with Crippen LogP contribution in [0, 0.1) is 0 Å². The van der Waals surface area contributed by atoms with Crippen molar-refractivity contribution in [1.82, 2.24) is 0 Å². The van der Waals surface area contributed by atoms with Crippen LogP contribution in [0.1, 0.15) is 17.0 Å². The molecule has 3 rings (SSSR count). The summed E-state index contributed by atoms with van der Waals surface area (Å²) in [7, 11) is 0. The third-order valence-corrected chi connectivity index (χ3v) is 4.02. The first-order valence-corrected chi connectivity index (χ1v) is 7.42. The first kappa shape index (κ1) is 15.3. The van der Waals surface area contributed by atoms with Crippen LogP contribution < -0.4 is 5.63 Å². The van der Waals surface area contributed by atoms with Gasteiger partial charge in [-0.3, -0.25) is 0 Å². The smallest absolute Gasteiger partial charge is 0.343 e. The van der Waals surface area contributed by atoms with Crippen LogP contribution in [0.5, 0.6) is 5.75 Å². The van der Waals surface area contributed by atoms with Crippen molar-refractivity contribution in [2.24, 2.45) is 0 Å². The van der Waals surface area contributed by atoms with Gasteiger partial charge in [0.15, 0.2) is 0 Å². The predicted octanol–water partition coefficient (Wildman–Crippen LogP) is 3.68. The molecule has 1 heterocycles. The number of halogens is 1. The lowest BCUT2D eigenvalue weighted by atomic mass is 9.93. The summed E-state index contributed by atoms with van der Waals surface area (Å²) in [5, 5.41) is 11.4. The fraction of sp³-hybridized carbons (Fsp3) is 0.111. The molecule has 0 saturated carbocycles. The first-order valence-electron chi connectivity index (χ1n) is 7.04. The zero-order valence-corrected chi connectivity index (χ0v) is 12.8. The topological polar surface area (TPSA) is 67.5 Å². The molecule has 0 aliphatic heterocycles. The molecule has 0 bridgehead atoms. The van der Waals surface area contributed by atoms with Gasteiger partial charge in [0.1, 0.15) is 17.6 Å². The maximum absolute atomic E-state index is 12.1. The average Bonchev–Trinajstić information content (AvgIpc) is 2.56. The van der Waals surface area contributed by atoms with Crippen LogP contribution in [0.25, 0.3) is 11.0 Å². The zero-order valence-electron chi connectivity index (χ0n) is 12.0. The summed E-state index contributed by atoms with van der Waals surface area (Å²) < 4.78 is 5.22. The van der Waals surface area contributed by atoms with Crippen molar-refractivity contribution in [3.05, 3.63) is 75.1 Å². The second-order valence-electron chi connectivity index (χ2n) is 5.21. The lowest BCUT2D eigenvalue weighted by Crippen LogP contribution is -2.13. The number of hydrogen-bond acceptors (Lipinski definition) is 4. The Bertz CT molecular complexity index is 912. The van der Waals surface area contributed by atoms with E-state index in [4.69, 9.17) is 16.0 Å². The van der Waals surface area contributed by atoms with Gasteiger partial charge in [-0.1, -0.05) is 35.9 Å². The zero-order chi connectivity index (χ0) is 16.4. The van der Waals surface area contributed by atoms with E-state index >= 15 is 0 Å². The molecule has 5 heteroatoms. The Balaban J connectivity index is 2.04. The molecular formula is C18H13ClO4. The van der Waals surface area contributed by atoms with Crippen molar-refractivity contribution in [2.75, 3.05) is 0 Å². The highest BCUT2D eigenvalue weighted by atomic mass is 35.5. The SMILES string of the molecule is O=CC(Cc1c(O)c2ccccc2oc1=O)c1ccc(Cl)cc1. The molecule has 0 radical (unpaired) electrons. The van der Waals surface area contributed by atoms with Gasteiger partial charge in [0, 0.05) is 10.9 Å². The summed E-state index contributed by atoms with van der Waals surface area (Å²) in [5.74, 6) is -0.708. The van der Waals surface area contributed by atoms with Crippen molar-refractivity contribution < 1.29 is 14.3 Å². The number of rotatable bonds is 4. The van der Waals surface area contributed by atoms with Crippen LogP contribution in [-0.4, -0.2) is 11.4 Å². The Morgan fingerprint density at radius 2 is 1.83 bits per heavy atom. The van der Waals surface area contributed by atoms with E-state index < -0.39 is 11.5 Å². The highest BCUT2D eigenvalue weighted by Crippen LogP contribution is 2.29. The second-order valence-corrected chi connectivity index (χ2v) is 5.65.